The van der Waals surface area contributed by atoms with Crippen LogP contribution in [-0.4, -0.2) is 0 Å². The highest BCUT2D eigenvalue weighted by Crippen LogP contribution is 2.63. The lowest BCUT2D eigenvalue weighted by molar-refractivity contribution is 0.669. The minimum Gasteiger partial charge on any atom is -0.456 e. The molecule has 0 saturated heterocycles. The van der Waals surface area contributed by atoms with Gasteiger partial charge < -0.3 is 9.32 Å². The van der Waals surface area contributed by atoms with Gasteiger partial charge in [0, 0.05) is 21.6 Å². The van der Waals surface area contributed by atoms with Crippen molar-refractivity contribution < 1.29 is 4.42 Å². The molecule has 1 aromatic heterocycles. The second-order valence-corrected chi connectivity index (χ2v) is 16.1. The number of benzene rings is 10. The van der Waals surface area contributed by atoms with Crippen LogP contribution in [0.25, 0.3) is 87.6 Å². The van der Waals surface area contributed by atoms with Crippen LogP contribution in [0.4, 0.5) is 17.1 Å². The molecule has 10 aromatic carbocycles. The zero-order chi connectivity index (χ0) is 38.1. The van der Waals surface area contributed by atoms with Crippen molar-refractivity contribution in [3.05, 3.63) is 211 Å². The lowest BCUT2D eigenvalue weighted by Crippen LogP contribution is -2.32. The molecular weight excluding hydrogens is 703 g/mol. The normalized spacial score (nSPS) is 15.4. The van der Waals surface area contributed by atoms with E-state index in [-0.39, 0.29) is 5.41 Å². The third kappa shape index (κ3) is 4.11. The Morgan fingerprint density at radius 1 is 0.397 bits per heavy atom. The molecule has 0 bridgehead atoms. The molecule has 0 N–H and O–H groups in total. The van der Waals surface area contributed by atoms with Crippen LogP contribution in [0.2, 0.25) is 0 Å². The van der Waals surface area contributed by atoms with Crippen molar-refractivity contribution in [3.63, 3.8) is 0 Å². The molecule has 58 heavy (non-hydrogen) atoms. The second-order valence-electron chi connectivity index (χ2n) is 16.1. The van der Waals surface area contributed by atoms with Gasteiger partial charge in [-0.1, -0.05) is 158 Å². The SMILES string of the molecule is CC12c3ccccc3-c3cccc(c31)N(c1cc3ccccc3c3ccccc13)c1ccc(-c3ccc4ccccc4c3-c3cccc4oc5ccccc5c34)cc12. The molecule has 0 radical (unpaired) electrons. The Labute approximate surface area is 335 Å². The van der Waals surface area contributed by atoms with E-state index >= 15 is 0 Å². The molecule has 1 aliphatic heterocycles. The van der Waals surface area contributed by atoms with E-state index in [9.17, 15) is 0 Å². The minimum atomic E-state index is -0.380. The standard InChI is InChI=1S/C56H35NO/c1-56-46-24-10-8-19-41(46)43-22-12-25-49(55(43)56)57(50-33-35-15-3-4-16-37(35)40-18-6-7-20-42(40)50)48-31-29-36(32-47(48)56)39-30-28-34-14-2-5-17-38(34)53(39)45-23-13-27-52-54(45)44-21-9-11-26-51(44)58-52/h2-33H,1H3. The van der Waals surface area contributed by atoms with Gasteiger partial charge in [-0.15, -0.1) is 0 Å². The van der Waals surface area contributed by atoms with Crippen molar-refractivity contribution in [1.82, 2.24) is 0 Å². The van der Waals surface area contributed by atoms with Gasteiger partial charge in [0.15, 0.2) is 0 Å². The van der Waals surface area contributed by atoms with E-state index in [0.717, 1.165) is 21.9 Å². The molecule has 0 spiro atoms. The summed E-state index contributed by atoms with van der Waals surface area (Å²) in [7, 11) is 0. The van der Waals surface area contributed by atoms with E-state index < -0.39 is 0 Å². The Morgan fingerprint density at radius 2 is 1.07 bits per heavy atom. The molecule has 2 heteroatoms. The fraction of sp³-hybridized carbons (Fsp3) is 0.0357. The molecule has 1 unspecified atom stereocenters. The molecule has 0 saturated carbocycles. The molecule has 2 nitrogen and oxygen atoms in total. The monoisotopic (exact) mass is 737 g/mol. The third-order valence-corrected chi connectivity index (χ3v) is 13.2. The average Bonchev–Trinajstić information content (AvgIpc) is 3.80. The summed E-state index contributed by atoms with van der Waals surface area (Å²) in [5, 5.41) is 9.74. The number of anilines is 3. The molecule has 2 heterocycles. The summed E-state index contributed by atoms with van der Waals surface area (Å²) in [6, 6.07) is 71.7. The molecular formula is C56H35NO. The number of para-hydroxylation sites is 1. The minimum absolute atomic E-state index is 0.380. The molecule has 0 fully saturated rings. The van der Waals surface area contributed by atoms with E-state index in [1.165, 1.54) is 99.5 Å². The van der Waals surface area contributed by atoms with Crippen LogP contribution >= 0.6 is 0 Å². The zero-order valence-corrected chi connectivity index (χ0v) is 31.8. The van der Waals surface area contributed by atoms with Gasteiger partial charge in [-0.2, -0.15) is 0 Å². The predicted octanol–water partition coefficient (Wildman–Crippen LogP) is 15.5. The molecule has 0 amide bonds. The van der Waals surface area contributed by atoms with Gasteiger partial charge >= 0.3 is 0 Å². The smallest absolute Gasteiger partial charge is 0.136 e. The summed E-state index contributed by atoms with van der Waals surface area (Å²) in [5.74, 6) is 0. The maximum absolute atomic E-state index is 6.47. The summed E-state index contributed by atoms with van der Waals surface area (Å²) < 4.78 is 6.47. The molecule has 270 valence electrons. The first-order valence-electron chi connectivity index (χ1n) is 20.2. The van der Waals surface area contributed by atoms with E-state index in [1.807, 2.05) is 0 Å². The van der Waals surface area contributed by atoms with Crippen molar-refractivity contribution in [2.24, 2.45) is 0 Å². The van der Waals surface area contributed by atoms with Crippen molar-refractivity contribution in [2.45, 2.75) is 12.3 Å². The Bertz CT molecular complexity index is 3550. The topological polar surface area (TPSA) is 16.4 Å². The van der Waals surface area contributed by atoms with Gasteiger partial charge in [-0.3, -0.25) is 0 Å². The van der Waals surface area contributed by atoms with Crippen molar-refractivity contribution in [1.29, 1.82) is 0 Å². The molecule has 2 aliphatic rings. The molecule has 13 rings (SSSR count). The number of fused-ring (bicyclic) bond motifs is 12. The van der Waals surface area contributed by atoms with E-state index in [1.54, 1.807) is 0 Å². The van der Waals surface area contributed by atoms with Gasteiger partial charge in [0.1, 0.15) is 11.2 Å². The zero-order valence-electron chi connectivity index (χ0n) is 31.8. The van der Waals surface area contributed by atoms with Crippen LogP contribution in [-0.2, 0) is 5.41 Å². The van der Waals surface area contributed by atoms with E-state index in [2.05, 4.69) is 206 Å². The first kappa shape index (κ1) is 31.7. The number of hydrogen-bond acceptors (Lipinski definition) is 2. The molecule has 11 aromatic rings. The largest absolute Gasteiger partial charge is 0.456 e. The van der Waals surface area contributed by atoms with E-state index in [4.69, 9.17) is 4.42 Å². The van der Waals surface area contributed by atoms with Crippen LogP contribution in [0.15, 0.2) is 199 Å². The fourth-order valence-corrected chi connectivity index (χ4v) is 10.7. The number of rotatable bonds is 3. The Balaban J connectivity index is 1.13. The number of furan rings is 1. The summed E-state index contributed by atoms with van der Waals surface area (Å²) >= 11 is 0. The lowest BCUT2D eigenvalue weighted by atomic mass is 9.69. The predicted molar refractivity (Wildman–Crippen MR) is 243 cm³/mol. The average molecular weight is 738 g/mol. The second kappa shape index (κ2) is 11.6. The summed E-state index contributed by atoms with van der Waals surface area (Å²) in [4.78, 5) is 2.56. The maximum atomic E-state index is 6.47. The number of nitrogens with zero attached hydrogens (tertiary/aromatic N) is 1. The quantitative estimate of drug-likeness (QED) is 0.168. The van der Waals surface area contributed by atoms with Crippen molar-refractivity contribution in [3.8, 4) is 33.4 Å². The van der Waals surface area contributed by atoms with E-state index in [0.29, 0.717) is 0 Å². The van der Waals surface area contributed by atoms with Crippen molar-refractivity contribution in [2.75, 3.05) is 4.90 Å². The first-order valence-corrected chi connectivity index (χ1v) is 20.2. The third-order valence-electron chi connectivity index (χ3n) is 13.2. The van der Waals surface area contributed by atoms with Crippen LogP contribution in [0.3, 0.4) is 0 Å². The van der Waals surface area contributed by atoms with Crippen LogP contribution < -0.4 is 4.90 Å². The van der Waals surface area contributed by atoms with Gasteiger partial charge in [-0.05, 0) is 120 Å². The molecule has 1 atom stereocenters. The van der Waals surface area contributed by atoms with Crippen molar-refractivity contribution >= 4 is 71.3 Å². The highest BCUT2D eigenvalue weighted by molar-refractivity contribution is 6.18. The van der Waals surface area contributed by atoms with Gasteiger partial charge in [0.05, 0.1) is 17.1 Å². The van der Waals surface area contributed by atoms with Gasteiger partial charge in [0.25, 0.3) is 0 Å². The Morgan fingerprint density at radius 3 is 1.97 bits per heavy atom. The van der Waals surface area contributed by atoms with Gasteiger partial charge in [-0.25, -0.2) is 0 Å². The molecule has 1 aliphatic carbocycles. The van der Waals surface area contributed by atoms with Crippen LogP contribution in [0.1, 0.15) is 23.6 Å². The first-order chi connectivity index (χ1) is 28.7. The Kier molecular flexibility index (Phi) is 6.33. The van der Waals surface area contributed by atoms with Gasteiger partial charge in [0.2, 0.25) is 0 Å². The number of hydrogen-bond donors (Lipinski definition) is 0. The lowest BCUT2D eigenvalue weighted by Gasteiger charge is -2.43. The van der Waals surface area contributed by atoms with Crippen LogP contribution in [0.5, 0.6) is 0 Å². The summed E-state index contributed by atoms with van der Waals surface area (Å²) in [6.45, 7) is 2.46. The maximum Gasteiger partial charge on any atom is 0.136 e. The summed E-state index contributed by atoms with van der Waals surface area (Å²) in [5.41, 5.74) is 16.5. The van der Waals surface area contributed by atoms with Crippen LogP contribution in [0, 0.1) is 0 Å². The summed E-state index contributed by atoms with van der Waals surface area (Å²) in [6.07, 6.45) is 0. The fourth-order valence-electron chi connectivity index (χ4n) is 10.7. The highest BCUT2D eigenvalue weighted by atomic mass is 16.3. The Hall–Kier alpha value is -7.42. The highest BCUT2D eigenvalue weighted by Gasteiger charge is 2.48.